The average Bonchev–Trinajstić information content (AvgIpc) is 2.66. The van der Waals surface area contributed by atoms with E-state index in [0.717, 1.165) is 18.4 Å². The van der Waals surface area contributed by atoms with E-state index in [1.807, 2.05) is 12.1 Å². The van der Waals surface area contributed by atoms with Gasteiger partial charge in [-0.2, -0.15) is 0 Å². The van der Waals surface area contributed by atoms with E-state index in [9.17, 15) is 4.79 Å². The molecule has 0 radical (unpaired) electrons. The number of nitrogens with zero attached hydrogens (tertiary/aromatic N) is 1. The minimum Gasteiger partial charge on any atom is -0.473 e. The lowest BCUT2D eigenvalue weighted by Crippen LogP contribution is -2.26. The first-order valence-electron chi connectivity index (χ1n) is 8.57. The predicted molar refractivity (Wildman–Crippen MR) is 98.9 cm³/mol. The summed E-state index contributed by atoms with van der Waals surface area (Å²) in [7, 11) is 0. The van der Waals surface area contributed by atoms with Crippen molar-refractivity contribution in [1.82, 2.24) is 4.98 Å². The first-order chi connectivity index (χ1) is 12.7. The second-order valence-corrected chi connectivity index (χ2v) is 6.47. The Balaban J connectivity index is 1.62. The number of carbonyl (C=O) groups is 1. The third kappa shape index (κ3) is 4.94. The number of rotatable bonds is 6. The minimum absolute atomic E-state index is 0.0332. The van der Waals surface area contributed by atoms with Crippen LogP contribution in [0.1, 0.15) is 28.8 Å². The van der Waals surface area contributed by atoms with E-state index in [4.69, 9.17) is 26.2 Å². The van der Waals surface area contributed by atoms with E-state index in [2.05, 4.69) is 10.3 Å². The Bertz CT molecular complexity index is 746. The lowest BCUT2D eigenvalue weighted by atomic mass is 10.1. The molecule has 0 atom stereocenters. The van der Waals surface area contributed by atoms with Crippen molar-refractivity contribution >= 4 is 23.2 Å². The molecule has 26 heavy (non-hydrogen) atoms. The second kappa shape index (κ2) is 8.98. The SMILES string of the molecule is O=C(Nc1ccc(CCO)cc1)c1cnc(OC2CCOCC2)c(Cl)c1. The van der Waals surface area contributed by atoms with E-state index in [0.29, 0.717) is 41.8 Å². The van der Waals surface area contributed by atoms with Crippen LogP contribution in [0.2, 0.25) is 5.02 Å². The monoisotopic (exact) mass is 376 g/mol. The fraction of sp³-hybridized carbons (Fsp3) is 0.368. The number of anilines is 1. The van der Waals surface area contributed by atoms with Gasteiger partial charge in [0, 0.05) is 31.3 Å². The summed E-state index contributed by atoms with van der Waals surface area (Å²) in [6.45, 7) is 1.43. The predicted octanol–water partition coefficient (Wildman–Crippen LogP) is 3.08. The van der Waals surface area contributed by atoms with Gasteiger partial charge in [-0.1, -0.05) is 23.7 Å². The molecule has 0 bridgehead atoms. The molecule has 0 unspecified atom stereocenters. The molecule has 1 aromatic carbocycles. The average molecular weight is 377 g/mol. The molecule has 1 amide bonds. The Morgan fingerprint density at radius 1 is 1.31 bits per heavy atom. The molecule has 1 saturated heterocycles. The molecular weight excluding hydrogens is 356 g/mol. The molecule has 1 aliphatic heterocycles. The number of aliphatic hydroxyl groups is 1. The summed E-state index contributed by atoms with van der Waals surface area (Å²) >= 11 is 6.23. The number of aliphatic hydroxyl groups excluding tert-OH is 1. The number of hydrogen-bond acceptors (Lipinski definition) is 5. The number of aromatic nitrogens is 1. The van der Waals surface area contributed by atoms with Crippen LogP contribution in [0.15, 0.2) is 36.5 Å². The van der Waals surface area contributed by atoms with Gasteiger partial charge in [0.1, 0.15) is 11.1 Å². The first kappa shape index (κ1) is 18.6. The van der Waals surface area contributed by atoms with E-state index in [-0.39, 0.29) is 18.6 Å². The van der Waals surface area contributed by atoms with Crippen molar-refractivity contribution < 1.29 is 19.4 Å². The summed E-state index contributed by atoms with van der Waals surface area (Å²) in [4.78, 5) is 16.6. The molecule has 0 saturated carbocycles. The van der Waals surface area contributed by atoms with Crippen LogP contribution in [0.25, 0.3) is 0 Å². The van der Waals surface area contributed by atoms with Crippen molar-refractivity contribution in [1.29, 1.82) is 0 Å². The van der Waals surface area contributed by atoms with Gasteiger partial charge in [-0.15, -0.1) is 0 Å². The Kier molecular flexibility index (Phi) is 6.44. The highest BCUT2D eigenvalue weighted by Gasteiger charge is 2.18. The summed E-state index contributed by atoms with van der Waals surface area (Å²) in [5.41, 5.74) is 2.02. The zero-order valence-electron chi connectivity index (χ0n) is 14.3. The minimum atomic E-state index is -0.299. The van der Waals surface area contributed by atoms with Gasteiger partial charge in [0.2, 0.25) is 5.88 Å². The van der Waals surface area contributed by atoms with Gasteiger partial charge in [0.15, 0.2) is 0 Å². The first-order valence-corrected chi connectivity index (χ1v) is 8.94. The molecule has 2 heterocycles. The topological polar surface area (TPSA) is 80.7 Å². The van der Waals surface area contributed by atoms with Gasteiger partial charge >= 0.3 is 0 Å². The number of pyridine rings is 1. The van der Waals surface area contributed by atoms with Gasteiger partial charge < -0.3 is 19.9 Å². The number of halogens is 1. The van der Waals surface area contributed by atoms with Gasteiger partial charge in [-0.3, -0.25) is 4.79 Å². The Hall–Kier alpha value is -2.15. The molecule has 3 rings (SSSR count). The summed E-state index contributed by atoms with van der Waals surface area (Å²) in [5, 5.41) is 12.0. The largest absolute Gasteiger partial charge is 0.473 e. The van der Waals surface area contributed by atoms with Crippen molar-refractivity contribution in [2.24, 2.45) is 0 Å². The van der Waals surface area contributed by atoms with Gasteiger partial charge in [-0.05, 0) is 30.2 Å². The fourth-order valence-corrected chi connectivity index (χ4v) is 2.89. The van der Waals surface area contributed by atoms with Gasteiger partial charge in [0.25, 0.3) is 5.91 Å². The molecule has 0 aliphatic carbocycles. The standard InChI is InChI=1S/C19H21ClN2O4/c20-17-11-14(12-21-19(17)26-16-6-9-25-10-7-16)18(24)22-15-3-1-13(2-4-15)5-8-23/h1-4,11-12,16,23H,5-10H2,(H,22,24). The molecule has 2 N–H and O–H groups in total. The van der Waals surface area contributed by atoms with E-state index >= 15 is 0 Å². The Labute approximate surface area is 157 Å². The van der Waals surface area contributed by atoms with Crippen LogP contribution in [0, 0.1) is 0 Å². The molecule has 2 aromatic rings. The van der Waals surface area contributed by atoms with Crippen LogP contribution in [0.4, 0.5) is 5.69 Å². The van der Waals surface area contributed by atoms with E-state index < -0.39 is 0 Å². The highest BCUT2D eigenvalue weighted by atomic mass is 35.5. The quantitative estimate of drug-likeness (QED) is 0.809. The van der Waals surface area contributed by atoms with E-state index in [1.165, 1.54) is 6.20 Å². The number of ether oxygens (including phenoxy) is 2. The molecule has 1 fully saturated rings. The van der Waals surface area contributed by atoms with Crippen molar-refractivity contribution in [3.05, 3.63) is 52.7 Å². The fourth-order valence-electron chi connectivity index (χ4n) is 2.68. The van der Waals surface area contributed by atoms with Gasteiger partial charge in [0.05, 0.1) is 18.8 Å². The smallest absolute Gasteiger partial charge is 0.257 e. The summed E-state index contributed by atoms with van der Waals surface area (Å²) in [5.74, 6) is 0.0374. The number of nitrogens with one attached hydrogen (secondary N) is 1. The summed E-state index contributed by atoms with van der Waals surface area (Å²) in [6.07, 6.45) is 3.67. The molecule has 6 nitrogen and oxygen atoms in total. The summed E-state index contributed by atoms with van der Waals surface area (Å²) < 4.78 is 11.1. The maximum absolute atomic E-state index is 12.4. The van der Waals surface area contributed by atoms with Crippen LogP contribution in [-0.2, 0) is 11.2 Å². The third-order valence-electron chi connectivity index (χ3n) is 4.13. The number of hydrogen-bond donors (Lipinski definition) is 2. The highest BCUT2D eigenvalue weighted by molar-refractivity contribution is 6.32. The van der Waals surface area contributed by atoms with Crippen molar-refractivity contribution in [3.63, 3.8) is 0 Å². The number of carbonyl (C=O) groups excluding carboxylic acids is 1. The number of amides is 1. The van der Waals surface area contributed by atoms with E-state index in [1.54, 1.807) is 18.2 Å². The molecule has 138 valence electrons. The molecular formula is C19H21ClN2O4. The lowest BCUT2D eigenvalue weighted by Gasteiger charge is -2.23. The van der Waals surface area contributed by atoms with Crippen LogP contribution in [0.3, 0.4) is 0 Å². The van der Waals surface area contributed by atoms with Crippen LogP contribution < -0.4 is 10.1 Å². The van der Waals surface area contributed by atoms with Crippen molar-refractivity contribution in [3.8, 4) is 5.88 Å². The Morgan fingerprint density at radius 3 is 2.69 bits per heavy atom. The number of benzene rings is 1. The molecule has 1 aromatic heterocycles. The van der Waals surface area contributed by atoms with Crippen molar-refractivity contribution in [2.45, 2.75) is 25.4 Å². The maximum Gasteiger partial charge on any atom is 0.257 e. The maximum atomic E-state index is 12.4. The molecule has 1 aliphatic rings. The van der Waals surface area contributed by atoms with Crippen LogP contribution in [-0.4, -0.2) is 41.9 Å². The normalized spacial score (nSPS) is 14.8. The van der Waals surface area contributed by atoms with Crippen molar-refractivity contribution in [2.75, 3.05) is 25.1 Å². The molecule has 0 spiro atoms. The molecule has 7 heteroatoms. The Morgan fingerprint density at radius 2 is 2.04 bits per heavy atom. The zero-order chi connectivity index (χ0) is 18.4. The van der Waals surface area contributed by atoms with Crippen LogP contribution in [0.5, 0.6) is 5.88 Å². The highest BCUT2D eigenvalue weighted by Crippen LogP contribution is 2.26. The zero-order valence-corrected chi connectivity index (χ0v) is 15.0. The second-order valence-electron chi connectivity index (χ2n) is 6.07. The van der Waals surface area contributed by atoms with Crippen LogP contribution >= 0.6 is 11.6 Å². The van der Waals surface area contributed by atoms with Gasteiger partial charge in [-0.25, -0.2) is 4.98 Å². The third-order valence-corrected chi connectivity index (χ3v) is 4.40. The summed E-state index contributed by atoms with van der Waals surface area (Å²) in [6, 6.07) is 8.86. The lowest BCUT2D eigenvalue weighted by molar-refractivity contribution is 0.0238.